The molecule has 0 bridgehead atoms. The number of anilines is 1. The predicted octanol–water partition coefficient (Wildman–Crippen LogP) is 4.67. The first-order valence-corrected chi connectivity index (χ1v) is 11.1. The van der Waals surface area contributed by atoms with Gasteiger partial charge in [0.1, 0.15) is 5.58 Å². The van der Waals surface area contributed by atoms with Crippen LogP contribution in [-0.4, -0.2) is 35.7 Å². The molecule has 0 fully saturated rings. The molecule has 1 aliphatic rings. The highest BCUT2D eigenvalue weighted by atomic mass is 16.4. The molecule has 1 amide bonds. The van der Waals surface area contributed by atoms with Crippen molar-refractivity contribution in [2.24, 2.45) is 0 Å². The van der Waals surface area contributed by atoms with Crippen molar-refractivity contribution in [2.45, 2.75) is 33.1 Å². The fraction of sp³-hybridized carbons (Fsp3) is 0.320. The van der Waals surface area contributed by atoms with E-state index in [-0.39, 0.29) is 17.7 Å². The van der Waals surface area contributed by atoms with Crippen LogP contribution in [0.5, 0.6) is 0 Å². The lowest BCUT2D eigenvalue weighted by Gasteiger charge is -2.31. The van der Waals surface area contributed by atoms with Gasteiger partial charge in [0.15, 0.2) is 5.76 Å². The van der Waals surface area contributed by atoms with Gasteiger partial charge in [0, 0.05) is 36.3 Å². The van der Waals surface area contributed by atoms with Crippen molar-refractivity contribution < 1.29 is 13.6 Å². The topological polar surface area (TPSA) is 84.4 Å². The minimum Gasteiger partial charge on any atom is -0.450 e. The lowest BCUT2D eigenvalue weighted by Crippen LogP contribution is -2.33. The van der Waals surface area contributed by atoms with Crippen LogP contribution in [0.15, 0.2) is 51.3 Å². The van der Waals surface area contributed by atoms with Gasteiger partial charge < -0.3 is 19.1 Å². The van der Waals surface area contributed by atoms with Crippen LogP contribution in [0.25, 0.3) is 22.6 Å². The summed E-state index contributed by atoms with van der Waals surface area (Å²) in [4.78, 5) is 14.9. The highest BCUT2D eigenvalue weighted by molar-refractivity contribution is 5.90. The van der Waals surface area contributed by atoms with E-state index < -0.39 is 0 Å². The number of nitrogens with zero attached hydrogens (tertiary/aromatic N) is 3. The van der Waals surface area contributed by atoms with Crippen molar-refractivity contribution in [3.05, 3.63) is 65.0 Å². The van der Waals surface area contributed by atoms with Gasteiger partial charge in [-0.25, -0.2) is 0 Å². The zero-order valence-corrected chi connectivity index (χ0v) is 18.4. The Balaban J connectivity index is 1.20. The van der Waals surface area contributed by atoms with Crippen molar-refractivity contribution in [3.63, 3.8) is 0 Å². The number of fused-ring (bicyclic) bond motifs is 2. The highest BCUT2D eigenvalue weighted by Crippen LogP contribution is 2.33. The molecule has 0 spiro atoms. The third-order valence-corrected chi connectivity index (χ3v) is 6.07. The van der Waals surface area contributed by atoms with Crippen molar-refractivity contribution in [3.8, 4) is 11.7 Å². The number of aryl methyl sites for hydroxylation is 3. The average molecular weight is 431 g/mol. The number of amides is 1. The van der Waals surface area contributed by atoms with Crippen molar-refractivity contribution in [1.82, 2.24) is 15.5 Å². The molecule has 0 saturated carbocycles. The van der Waals surface area contributed by atoms with E-state index in [0.29, 0.717) is 12.3 Å². The van der Waals surface area contributed by atoms with Gasteiger partial charge in [-0.3, -0.25) is 4.79 Å². The maximum Gasteiger partial charge on any atom is 0.308 e. The van der Waals surface area contributed by atoms with E-state index in [4.69, 9.17) is 8.83 Å². The van der Waals surface area contributed by atoms with E-state index in [0.717, 1.165) is 54.4 Å². The number of carbonyl (C=O) groups is 1. The van der Waals surface area contributed by atoms with Gasteiger partial charge in [0.25, 0.3) is 5.89 Å². The number of aromatic nitrogens is 2. The molecule has 0 saturated heterocycles. The second-order valence-electron chi connectivity index (χ2n) is 8.25. The molecular formula is C25H26N4O3. The lowest BCUT2D eigenvalue weighted by molar-refractivity contribution is 0.0919. The van der Waals surface area contributed by atoms with Crippen LogP contribution in [0.2, 0.25) is 0 Å². The molecule has 0 unspecified atom stereocenters. The minimum atomic E-state index is -0.368. The van der Waals surface area contributed by atoms with Crippen LogP contribution in [0.4, 0.5) is 5.69 Å². The smallest absolute Gasteiger partial charge is 0.308 e. The standard InChI is InChI=1S/C25H26N4O3/c1-16-8-5-11-19-17(2)22(31-21(16)19)24-27-28-25(32-24)23(30)26-13-7-15-29-14-6-10-18-9-3-4-12-20(18)29/h3-5,8-9,11-12H,6-7,10,13-15H2,1-2H3,(H,26,30). The van der Waals surface area contributed by atoms with E-state index in [1.807, 2.05) is 32.0 Å². The fourth-order valence-corrected chi connectivity index (χ4v) is 4.39. The number of hydrogen-bond acceptors (Lipinski definition) is 6. The van der Waals surface area contributed by atoms with Gasteiger partial charge in [-0.1, -0.05) is 36.4 Å². The van der Waals surface area contributed by atoms with Crippen LogP contribution < -0.4 is 10.2 Å². The first-order chi connectivity index (χ1) is 15.6. The monoisotopic (exact) mass is 430 g/mol. The zero-order chi connectivity index (χ0) is 22.1. The van der Waals surface area contributed by atoms with Crippen LogP contribution in [0, 0.1) is 13.8 Å². The van der Waals surface area contributed by atoms with E-state index in [9.17, 15) is 4.79 Å². The Morgan fingerprint density at radius 1 is 1.09 bits per heavy atom. The third-order valence-electron chi connectivity index (χ3n) is 6.07. The predicted molar refractivity (Wildman–Crippen MR) is 123 cm³/mol. The van der Waals surface area contributed by atoms with Gasteiger partial charge >= 0.3 is 11.8 Å². The number of para-hydroxylation sites is 2. The maximum atomic E-state index is 12.5. The lowest BCUT2D eigenvalue weighted by atomic mass is 10.0. The molecule has 32 heavy (non-hydrogen) atoms. The molecule has 0 radical (unpaired) electrons. The summed E-state index contributed by atoms with van der Waals surface area (Å²) in [5.74, 6) is 0.297. The van der Waals surface area contributed by atoms with E-state index in [1.54, 1.807) is 0 Å². The highest BCUT2D eigenvalue weighted by Gasteiger charge is 2.22. The summed E-state index contributed by atoms with van der Waals surface area (Å²) in [5.41, 5.74) is 5.45. The Bertz CT molecular complexity index is 1270. The normalized spacial score (nSPS) is 13.4. The molecule has 7 nitrogen and oxygen atoms in total. The summed E-state index contributed by atoms with van der Waals surface area (Å²) in [6, 6.07) is 14.5. The third kappa shape index (κ3) is 3.75. The number of furan rings is 1. The Labute approximate surface area is 186 Å². The fourth-order valence-electron chi connectivity index (χ4n) is 4.39. The van der Waals surface area contributed by atoms with Gasteiger partial charge in [-0.15, -0.1) is 10.2 Å². The Morgan fingerprint density at radius 3 is 2.84 bits per heavy atom. The SMILES string of the molecule is Cc1c(-c2nnc(C(=O)NCCCN3CCCc4ccccc43)o2)oc2c(C)cccc12. The van der Waals surface area contributed by atoms with Gasteiger partial charge in [0.05, 0.1) is 0 Å². The minimum absolute atomic E-state index is 0.0557. The number of nitrogens with one attached hydrogen (secondary N) is 1. The number of carbonyl (C=O) groups excluding carboxylic acids is 1. The molecule has 0 aliphatic carbocycles. The molecule has 5 rings (SSSR count). The Kier molecular flexibility index (Phi) is 5.39. The van der Waals surface area contributed by atoms with Crippen LogP contribution >= 0.6 is 0 Å². The molecule has 2 aromatic heterocycles. The quantitative estimate of drug-likeness (QED) is 0.448. The second kappa shape index (κ2) is 8.49. The molecule has 2 aromatic carbocycles. The Morgan fingerprint density at radius 2 is 1.97 bits per heavy atom. The number of hydrogen-bond donors (Lipinski definition) is 1. The van der Waals surface area contributed by atoms with Crippen LogP contribution in [0.3, 0.4) is 0 Å². The molecule has 0 atom stereocenters. The molecule has 4 aromatic rings. The second-order valence-corrected chi connectivity index (χ2v) is 8.25. The van der Waals surface area contributed by atoms with E-state index in [2.05, 4.69) is 44.7 Å². The van der Waals surface area contributed by atoms with Crippen molar-refractivity contribution >= 4 is 22.6 Å². The Hall–Kier alpha value is -3.61. The zero-order valence-electron chi connectivity index (χ0n) is 18.4. The van der Waals surface area contributed by atoms with Gasteiger partial charge in [-0.2, -0.15) is 0 Å². The molecule has 1 aliphatic heterocycles. The number of rotatable bonds is 6. The number of benzene rings is 2. The van der Waals surface area contributed by atoms with Crippen molar-refractivity contribution in [2.75, 3.05) is 24.5 Å². The van der Waals surface area contributed by atoms with E-state index in [1.165, 1.54) is 11.3 Å². The van der Waals surface area contributed by atoms with Gasteiger partial charge in [0.2, 0.25) is 0 Å². The summed E-state index contributed by atoms with van der Waals surface area (Å²) < 4.78 is 11.6. The van der Waals surface area contributed by atoms with E-state index >= 15 is 0 Å². The summed E-state index contributed by atoms with van der Waals surface area (Å²) >= 11 is 0. The molecular weight excluding hydrogens is 404 g/mol. The van der Waals surface area contributed by atoms with Crippen LogP contribution in [0.1, 0.15) is 40.2 Å². The first kappa shape index (κ1) is 20.3. The first-order valence-electron chi connectivity index (χ1n) is 11.1. The summed E-state index contributed by atoms with van der Waals surface area (Å²) in [6.07, 6.45) is 3.13. The molecule has 7 heteroatoms. The van der Waals surface area contributed by atoms with Crippen LogP contribution in [-0.2, 0) is 6.42 Å². The summed E-state index contributed by atoms with van der Waals surface area (Å²) in [5, 5.41) is 11.9. The van der Waals surface area contributed by atoms with Gasteiger partial charge in [-0.05, 0) is 50.3 Å². The summed E-state index contributed by atoms with van der Waals surface area (Å²) in [6.45, 7) is 6.42. The average Bonchev–Trinajstić information content (AvgIpc) is 3.43. The molecule has 164 valence electrons. The maximum absolute atomic E-state index is 12.5. The molecule has 3 heterocycles. The summed E-state index contributed by atoms with van der Waals surface area (Å²) in [7, 11) is 0. The molecule has 1 N–H and O–H groups in total. The largest absolute Gasteiger partial charge is 0.450 e. The van der Waals surface area contributed by atoms with Crippen molar-refractivity contribution in [1.29, 1.82) is 0 Å².